The Hall–Kier alpha value is -3.70. The van der Waals surface area contributed by atoms with Gasteiger partial charge in [-0.3, -0.25) is 19.7 Å². The molecule has 2 aromatic carbocycles. The van der Waals surface area contributed by atoms with Crippen molar-refractivity contribution in [3.63, 3.8) is 0 Å². The first-order valence-electron chi connectivity index (χ1n) is 9.31. The van der Waals surface area contributed by atoms with Crippen molar-refractivity contribution in [3.8, 4) is 22.8 Å². The summed E-state index contributed by atoms with van der Waals surface area (Å²) in [6.07, 6.45) is 0. The van der Waals surface area contributed by atoms with Crippen LogP contribution in [-0.4, -0.2) is 36.4 Å². The van der Waals surface area contributed by atoms with E-state index in [4.69, 9.17) is 26.8 Å². The average molecular weight is 493 g/mol. The second-order valence-corrected chi connectivity index (χ2v) is 7.88. The molecule has 1 aromatic heterocycles. The number of aromatic nitrogens is 1. The zero-order valence-electron chi connectivity index (χ0n) is 17.4. The van der Waals surface area contributed by atoms with Gasteiger partial charge in [0, 0.05) is 29.1 Å². The van der Waals surface area contributed by atoms with Gasteiger partial charge in [-0.1, -0.05) is 11.6 Å². The van der Waals surface area contributed by atoms with Crippen molar-refractivity contribution in [2.24, 2.45) is 5.73 Å². The predicted molar refractivity (Wildman–Crippen MR) is 122 cm³/mol. The van der Waals surface area contributed by atoms with Crippen LogP contribution in [0.25, 0.3) is 11.3 Å². The molecule has 9 nitrogen and oxygen atoms in total. The summed E-state index contributed by atoms with van der Waals surface area (Å²) in [6, 6.07) is 6.94. The van der Waals surface area contributed by atoms with Crippen LogP contribution in [0, 0.1) is 5.82 Å². The van der Waals surface area contributed by atoms with Crippen molar-refractivity contribution in [2.75, 3.05) is 24.4 Å². The van der Waals surface area contributed by atoms with E-state index >= 15 is 0 Å². The molecule has 0 radical (unpaired) electrons. The Balaban J connectivity index is 1.77. The van der Waals surface area contributed by atoms with E-state index in [1.165, 1.54) is 38.3 Å². The molecule has 0 atom stereocenters. The number of rotatable bonds is 8. The Kier molecular flexibility index (Phi) is 7.46. The van der Waals surface area contributed by atoms with Gasteiger partial charge < -0.3 is 20.5 Å². The van der Waals surface area contributed by atoms with E-state index in [0.29, 0.717) is 11.4 Å². The number of halogens is 2. The number of hydrogen-bond acceptors (Lipinski definition) is 7. The molecule has 3 amide bonds. The lowest BCUT2D eigenvalue weighted by Crippen LogP contribution is -2.20. The second kappa shape index (κ2) is 10.3. The number of nitrogens with one attached hydrogen (secondary N) is 2. The Bertz CT molecular complexity index is 1230. The molecule has 12 heteroatoms. The van der Waals surface area contributed by atoms with Gasteiger partial charge in [0.05, 0.1) is 17.8 Å². The molecule has 1 heterocycles. The molecule has 0 unspecified atom stereocenters. The highest BCUT2D eigenvalue weighted by molar-refractivity contribution is 7.14. The third-order valence-corrected chi connectivity index (χ3v) is 5.18. The molecule has 4 N–H and O–H groups in total. The number of amides is 3. The standard InChI is InChI=1S/C21H18ClFN4O5S/c1-10(28)25-12-3-4-13(15(23)7-12)16-9-33-21(26-16)27-20(30)11-5-14(22)19(17(6-11)31-2)32-8-18(24)29/h3-7,9H,8H2,1-2H3,(H2,24,29)(H,25,28)(H,26,27,30). The molecule has 0 bridgehead atoms. The molecule has 172 valence electrons. The molecule has 3 aromatic rings. The van der Waals surface area contributed by atoms with Gasteiger partial charge in [-0.15, -0.1) is 11.3 Å². The number of nitrogens with zero attached hydrogens (tertiary/aromatic N) is 1. The van der Waals surface area contributed by atoms with Crippen LogP contribution >= 0.6 is 22.9 Å². The fraction of sp³-hybridized carbons (Fsp3) is 0.143. The lowest BCUT2D eigenvalue weighted by atomic mass is 10.1. The molecule has 0 aliphatic carbocycles. The van der Waals surface area contributed by atoms with Crippen LogP contribution in [0.2, 0.25) is 5.02 Å². The third-order valence-electron chi connectivity index (χ3n) is 4.14. The van der Waals surface area contributed by atoms with Gasteiger partial charge in [0.1, 0.15) is 5.82 Å². The number of hydrogen-bond donors (Lipinski definition) is 3. The van der Waals surface area contributed by atoms with E-state index in [0.717, 1.165) is 11.3 Å². The summed E-state index contributed by atoms with van der Waals surface area (Å²) < 4.78 is 24.9. The van der Waals surface area contributed by atoms with Crippen molar-refractivity contribution < 1.29 is 28.2 Å². The minimum absolute atomic E-state index is 0.0434. The highest BCUT2D eigenvalue weighted by atomic mass is 35.5. The van der Waals surface area contributed by atoms with Gasteiger partial charge in [-0.2, -0.15) is 0 Å². The van der Waals surface area contributed by atoms with Crippen molar-refractivity contribution in [1.29, 1.82) is 0 Å². The maximum Gasteiger partial charge on any atom is 0.257 e. The summed E-state index contributed by atoms with van der Waals surface area (Å²) in [4.78, 5) is 39.0. The zero-order valence-corrected chi connectivity index (χ0v) is 19.0. The van der Waals surface area contributed by atoms with Crippen LogP contribution in [0.1, 0.15) is 17.3 Å². The van der Waals surface area contributed by atoms with Crippen molar-refractivity contribution in [2.45, 2.75) is 6.92 Å². The van der Waals surface area contributed by atoms with Crippen molar-refractivity contribution in [3.05, 3.63) is 52.1 Å². The molecular formula is C21H18ClFN4O5S. The van der Waals surface area contributed by atoms with Gasteiger partial charge in [0.2, 0.25) is 5.91 Å². The van der Waals surface area contributed by atoms with Crippen molar-refractivity contribution >= 4 is 51.5 Å². The van der Waals surface area contributed by atoms with E-state index in [9.17, 15) is 18.8 Å². The summed E-state index contributed by atoms with van der Waals surface area (Å²) in [5.74, 6) is -1.92. The Labute approximate surface area is 196 Å². The largest absolute Gasteiger partial charge is 0.493 e. The SMILES string of the molecule is COc1cc(C(=O)Nc2nc(-c3ccc(NC(C)=O)cc3F)cs2)cc(Cl)c1OCC(N)=O. The van der Waals surface area contributed by atoms with Crippen LogP contribution in [0.3, 0.4) is 0 Å². The van der Waals surface area contributed by atoms with E-state index in [1.54, 1.807) is 11.4 Å². The number of carbonyl (C=O) groups excluding carboxylic acids is 3. The summed E-state index contributed by atoms with van der Waals surface area (Å²) in [7, 11) is 1.35. The summed E-state index contributed by atoms with van der Waals surface area (Å²) in [5, 5.41) is 6.97. The number of ether oxygens (including phenoxy) is 2. The highest BCUT2D eigenvalue weighted by Crippen LogP contribution is 2.37. The van der Waals surface area contributed by atoms with E-state index < -0.39 is 24.2 Å². The fourth-order valence-electron chi connectivity index (χ4n) is 2.76. The summed E-state index contributed by atoms with van der Waals surface area (Å²) in [6.45, 7) is 0.914. The van der Waals surface area contributed by atoms with Crippen LogP contribution < -0.4 is 25.8 Å². The van der Waals surface area contributed by atoms with Gasteiger partial charge >= 0.3 is 0 Å². The zero-order chi connectivity index (χ0) is 24.1. The second-order valence-electron chi connectivity index (χ2n) is 6.61. The van der Waals surface area contributed by atoms with Crippen molar-refractivity contribution in [1.82, 2.24) is 4.98 Å². The van der Waals surface area contributed by atoms with Crippen LogP contribution in [0.15, 0.2) is 35.7 Å². The first-order valence-corrected chi connectivity index (χ1v) is 10.6. The molecule has 0 aliphatic heterocycles. The number of methoxy groups -OCH3 is 1. The number of benzene rings is 2. The van der Waals surface area contributed by atoms with Crippen LogP contribution in [-0.2, 0) is 9.59 Å². The number of primary amides is 1. The van der Waals surface area contributed by atoms with E-state index in [2.05, 4.69) is 15.6 Å². The highest BCUT2D eigenvalue weighted by Gasteiger charge is 2.18. The maximum absolute atomic E-state index is 14.5. The van der Waals surface area contributed by atoms with Crippen LogP contribution in [0.4, 0.5) is 15.2 Å². The predicted octanol–water partition coefficient (Wildman–Crippen LogP) is 3.69. The molecular weight excluding hydrogens is 475 g/mol. The average Bonchev–Trinajstić information content (AvgIpc) is 3.19. The smallest absolute Gasteiger partial charge is 0.257 e. The minimum atomic E-state index is -0.698. The molecule has 3 rings (SSSR count). The van der Waals surface area contributed by atoms with Crippen LogP contribution in [0.5, 0.6) is 11.5 Å². The maximum atomic E-state index is 14.5. The molecule has 0 saturated carbocycles. The molecule has 0 fully saturated rings. The number of carbonyl (C=O) groups is 3. The minimum Gasteiger partial charge on any atom is -0.493 e. The quantitative estimate of drug-likeness (QED) is 0.439. The monoisotopic (exact) mass is 492 g/mol. The Morgan fingerprint density at radius 2 is 1.97 bits per heavy atom. The van der Waals surface area contributed by atoms with Gasteiger partial charge in [-0.25, -0.2) is 9.37 Å². The summed E-state index contributed by atoms with van der Waals surface area (Å²) >= 11 is 7.27. The van der Waals surface area contributed by atoms with Gasteiger partial charge in [0.25, 0.3) is 11.8 Å². The molecule has 33 heavy (non-hydrogen) atoms. The third kappa shape index (κ3) is 5.96. The topological polar surface area (TPSA) is 133 Å². The number of nitrogens with two attached hydrogens (primary N) is 1. The summed E-state index contributed by atoms with van der Waals surface area (Å²) in [5.41, 5.74) is 6.06. The Morgan fingerprint density at radius 3 is 2.61 bits per heavy atom. The Morgan fingerprint density at radius 1 is 1.21 bits per heavy atom. The van der Waals surface area contributed by atoms with Gasteiger partial charge in [0.15, 0.2) is 23.2 Å². The molecule has 0 saturated heterocycles. The number of thiazole rings is 1. The fourth-order valence-corrected chi connectivity index (χ4v) is 3.73. The van der Waals surface area contributed by atoms with E-state index in [1.807, 2.05) is 0 Å². The normalized spacial score (nSPS) is 10.4. The van der Waals surface area contributed by atoms with E-state index in [-0.39, 0.29) is 38.7 Å². The first-order chi connectivity index (χ1) is 15.7. The molecule has 0 aliphatic rings. The lowest BCUT2D eigenvalue weighted by molar-refractivity contribution is -0.120. The number of anilines is 2. The molecule has 0 spiro atoms. The lowest BCUT2D eigenvalue weighted by Gasteiger charge is -2.13. The van der Waals surface area contributed by atoms with Gasteiger partial charge in [-0.05, 0) is 30.3 Å². The first kappa shape index (κ1) is 24.0.